The standard InChI is InChI=1S/C23H22N4O4/c1-13(2)30-20-10-7-14(11-15(20)12-24)22-26-21(27-31-22)18-6-4-5-17-16(18)8-9-19(17)25-23(28)29-3/h4-7,10-11,13,19H,8-9H2,1-3H3,(H,25,28)/t19-/m0/s1. The summed E-state index contributed by atoms with van der Waals surface area (Å²) in [6, 6.07) is 13.1. The number of nitrogens with one attached hydrogen (secondary N) is 1. The minimum absolute atomic E-state index is 0.0365. The molecule has 4 rings (SSSR count). The van der Waals surface area contributed by atoms with Gasteiger partial charge in [-0.25, -0.2) is 4.79 Å². The number of fused-ring (bicyclic) bond motifs is 1. The van der Waals surface area contributed by atoms with Crippen LogP contribution in [0.3, 0.4) is 0 Å². The molecular formula is C23H22N4O4. The van der Waals surface area contributed by atoms with Crippen LogP contribution in [0.5, 0.6) is 5.75 Å². The van der Waals surface area contributed by atoms with Crippen LogP contribution in [0.15, 0.2) is 40.9 Å². The molecule has 1 amide bonds. The second kappa shape index (κ2) is 8.48. The second-order valence-corrected chi connectivity index (χ2v) is 7.51. The van der Waals surface area contributed by atoms with Crippen molar-refractivity contribution in [3.63, 3.8) is 0 Å². The van der Waals surface area contributed by atoms with Crippen LogP contribution in [0.2, 0.25) is 0 Å². The molecule has 0 saturated carbocycles. The Morgan fingerprint density at radius 2 is 2.16 bits per heavy atom. The highest BCUT2D eigenvalue weighted by atomic mass is 16.5. The zero-order valence-corrected chi connectivity index (χ0v) is 17.5. The molecule has 8 heteroatoms. The lowest BCUT2D eigenvalue weighted by Crippen LogP contribution is -2.26. The molecule has 0 unspecified atom stereocenters. The highest BCUT2D eigenvalue weighted by Gasteiger charge is 2.28. The summed E-state index contributed by atoms with van der Waals surface area (Å²) < 4.78 is 15.9. The first-order valence-electron chi connectivity index (χ1n) is 10.0. The normalized spacial score (nSPS) is 14.7. The van der Waals surface area contributed by atoms with Gasteiger partial charge in [0, 0.05) is 11.1 Å². The van der Waals surface area contributed by atoms with Gasteiger partial charge in [-0.05, 0) is 56.0 Å². The number of ether oxygens (including phenoxy) is 2. The Hall–Kier alpha value is -3.86. The highest BCUT2D eigenvalue weighted by molar-refractivity contribution is 5.70. The van der Waals surface area contributed by atoms with Crippen LogP contribution < -0.4 is 10.1 Å². The third kappa shape index (κ3) is 4.08. The van der Waals surface area contributed by atoms with Crippen molar-refractivity contribution in [2.75, 3.05) is 7.11 Å². The third-order valence-electron chi connectivity index (χ3n) is 5.12. The Kier molecular flexibility index (Phi) is 5.58. The molecule has 0 saturated heterocycles. The maximum Gasteiger partial charge on any atom is 0.407 e. The number of benzene rings is 2. The lowest BCUT2D eigenvalue weighted by atomic mass is 10.0. The fourth-order valence-corrected chi connectivity index (χ4v) is 3.77. The maximum atomic E-state index is 11.6. The van der Waals surface area contributed by atoms with E-state index in [1.165, 1.54) is 7.11 Å². The minimum atomic E-state index is -0.455. The Bertz CT molecular complexity index is 1160. The molecule has 8 nitrogen and oxygen atoms in total. The van der Waals surface area contributed by atoms with E-state index < -0.39 is 6.09 Å². The molecule has 1 aliphatic carbocycles. The molecule has 0 fully saturated rings. The maximum absolute atomic E-state index is 11.6. The molecule has 1 atom stereocenters. The predicted molar refractivity (Wildman–Crippen MR) is 112 cm³/mol. The molecule has 1 N–H and O–H groups in total. The van der Waals surface area contributed by atoms with Crippen molar-refractivity contribution in [2.24, 2.45) is 0 Å². The zero-order valence-electron chi connectivity index (χ0n) is 17.5. The van der Waals surface area contributed by atoms with E-state index in [-0.39, 0.29) is 12.1 Å². The average Bonchev–Trinajstić information content (AvgIpc) is 3.41. The van der Waals surface area contributed by atoms with E-state index in [1.54, 1.807) is 18.2 Å². The van der Waals surface area contributed by atoms with Gasteiger partial charge in [0.15, 0.2) is 0 Å². The summed E-state index contributed by atoms with van der Waals surface area (Å²) in [6.07, 6.45) is 1.06. The lowest BCUT2D eigenvalue weighted by Gasteiger charge is -2.13. The molecule has 0 bridgehead atoms. The van der Waals surface area contributed by atoms with Gasteiger partial charge in [0.25, 0.3) is 5.89 Å². The third-order valence-corrected chi connectivity index (χ3v) is 5.12. The molecule has 1 aliphatic rings. The number of carbonyl (C=O) groups excluding carboxylic acids is 1. The van der Waals surface area contributed by atoms with E-state index in [0.29, 0.717) is 28.6 Å². The molecule has 31 heavy (non-hydrogen) atoms. The van der Waals surface area contributed by atoms with E-state index in [0.717, 1.165) is 29.5 Å². The van der Waals surface area contributed by atoms with Gasteiger partial charge >= 0.3 is 6.09 Å². The Morgan fingerprint density at radius 3 is 2.90 bits per heavy atom. The van der Waals surface area contributed by atoms with E-state index in [2.05, 4.69) is 21.5 Å². The minimum Gasteiger partial charge on any atom is -0.490 e. The van der Waals surface area contributed by atoms with Crippen LogP contribution in [0, 0.1) is 11.3 Å². The number of hydrogen-bond donors (Lipinski definition) is 1. The van der Waals surface area contributed by atoms with Gasteiger partial charge in [-0.15, -0.1) is 0 Å². The van der Waals surface area contributed by atoms with Gasteiger partial charge in [-0.1, -0.05) is 23.4 Å². The smallest absolute Gasteiger partial charge is 0.407 e. The molecule has 0 radical (unpaired) electrons. The number of nitrogens with zero attached hydrogens (tertiary/aromatic N) is 3. The van der Waals surface area contributed by atoms with Crippen molar-refractivity contribution in [3.05, 3.63) is 53.1 Å². The summed E-state index contributed by atoms with van der Waals surface area (Å²) in [4.78, 5) is 16.2. The lowest BCUT2D eigenvalue weighted by molar-refractivity contribution is 0.166. The molecule has 2 aromatic carbocycles. The van der Waals surface area contributed by atoms with E-state index >= 15 is 0 Å². The van der Waals surface area contributed by atoms with Gasteiger partial charge in [-0.2, -0.15) is 10.2 Å². The van der Waals surface area contributed by atoms with Gasteiger partial charge in [-0.3, -0.25) is 0 Å². The molecule has 0 spiro atoms. The van der Waals surface area contributed by atoms with Gasteiger partial charge in [0.2, 0.25) is 5.82 Å². The first-order valence-corrected chi connectivity index (χ1v) is 10.0. The molecular weight excluding hydrogens is 396 g/mol. The van der Waals surface area contributed by atoms with Crippen molar-refractivity contribution in [1.82, 2.24) is 15.5 Å². The first kappa shape index (κ1) is 20.4. The average molecular weight is 418 g/mol. The fourth-order valence-electron chi connectivity index (χ4n) is 3.77. The van der Waals surface area contributed by atoms with Crippen LogP contribution in [-0.2, 0) is 11.2 Å². The summed E-state index contributed by atoms with van der Waals surface area (Å²) in [6.45, 7) is 3.81. The molecule has 158 valence electrons. The van der Waals surface area contributed by atoms with Crippen LogP contribution in [0.25, 0.3) is 22.8 Å². The van der Waals surface area contributed by atoms with Crippen LogP contribution in [-0.4, -0.2) is 29.4 Å². The van der Waals surface area contributed by atoms with Crippen molar-refractivity contribution in [2.45, 2.75) is 38.8 Å². The quantitative estimate of drug-likeness (QED) is 0.653. The van der Waals surface area contributed by atoms with Crippen molar-refractivity contribution >= 4 is 6.09 Å². The molecule has 0 aliphatic heterocycles. The van der Waals surface area contributed by atoms with E-state index in [1.807, 2.05) is 32.0 Å². The Labute approximate surface area is 179 Å². The van der Waals surface area contributed by atoms with Gasteiger partial charge in [0.05, 0.1) is 24.8 Å². The summed E-state index contributed by atoms with van der Waals surface area (Å²) >= 11 is 0. The van der Waals surface area contributed by atoms with Crippen molar-refractivity contribution in [3.8, 4) is 34.7 Å². The zero-order chi connectivity index (χ0) is 22.0. The number of nitriles is 1. The summed E-state index contributed by atoms with van der Waals surface area (Å²) in [5.74, 6) is 1.31. The Morgan fingerprint density at radius 1 is 1.32 bits per heavy atom. The summed E-state index contributed by atoms with van der Waals surface area (Å²) in [7, 11) is 1.35. The summed E-state index contributed by atoms with van der Waals surface area (Å²) in [5.41, 5.74) is 4.01. The monoisotopic (exact) mass is 418 g/mol. The number of hydrogen-bond acceptors (Lipinski definition) is 7. The van der Waals surface area contributed by atoms with Crippen LogP contribution in [0.4, 0.5) is 4.79 Å². The van der Waals surface area contributed by atoms with E-state index in [4.69, 9.17) is 14.0 Å². The second-order valence-electron chi connectivity index (χ2n) is 7.51. The fraction of sp³-hybridized carbons (Fsp3) is 0.304. The van der Waals surface area contributed by atoms with Crippen LogP contribution >= 0.6 is 0 Å². The van der Waals surface area contributed by atoms with Gasteiger partial charge < -0.3 is 19.3 Å². The van der Waals surface area contributed by atoms with Crippen molar-refractivity contribution in [1.29, 1.82) is 5.26 Å². The molecule has 1 heterocycles. The molecule has 1 aromatic heterocycles. The Balaban J connectivity index is 1.64. The number of carbonyl (C=O) groups is 1. The first-order chi connectivity index (χ1) is 15.0. The topological polar surface area (TPSA) is 110 Å². The van der Waals surface area contributed by atoms with Gasteiger partial charge in [0.1, 0.15) is 11.8 Å². The molecule has 3 aromatic rings. The summed E-state index contributed by atoms with van der Waals surface area (Å²) in [5, 5.41) is 16.5. The number of methoxy groups -OCH3 is 1. The SMILES string of the molecule is COC(=O)N[C@H]1CCc2c(-c3noc(-c4ccc(OC(C)C)c(C#N)c4)n3)cccc21. The number of aromatic nitrogens is 2. The van der Waals surface area contributed by atoms with Crippen LogP contribution in [0.1, 0.15) is 43.0 Å². The largest absolute Gasteiger partial charge is 0.490 e. The number of alkyl carbamates (subject to hydrolysis) is 1. The number of amides is 1. The highest BCUT2D eigenvalue weighted by Crippen LogP contribution is 2.37. The number of rotatable bonds is 5. The van der Waals surface area contributed by atoms with E-state index in [9.17, 15) is 10.1 Å². The predicted octanol–water partition coefficient (Wildman–Crippen LogP) is 4.41. The van der Waals surface area contributed by atoms with Crippen molar-refractivity contribution < 1.29 is 18.8 Å².